The molecule has 0 aliphatic carbocycles. The Hall–Kier alpha value is -3.89. The van der Waals surface area contributed by atoms with Crippen molar-refractivity contribution < 1.29 is 30.7 Å². The Balaban J connectivity index is 1.78. The van der Waals surface area contributed by atoms with Crippen LogP contribution in [-0.4, -0.2) is 32.0 Å². The third kappa shape index (κ3) is 3.66. The SMILES string of the molecule is FC(F)(F)C(F)(F)C(F)(F)c1cc2[nH]c1=Cc1ccc([nH]1)C=c1ccc([nH]1)=Cc1ccc([nH]1)C=2. The quantitative estimate of drug-likeness (QED) is 0.281. The Kier molecular flexibility index (Phi) is 4.71. The van der Waals surface area contributed by atoms with E-state index in [1.165, 1.54) is 12.1 Å². The second-order valence-electron chi connectivity index (χ2n) is 7.88. The largest absolute Gasteiger partial charge is 0.460 e. The Morgan fingerprint density at radius 1 is 0.500 bits per heavy atom. The minimum absolute atomic E-state index is 0.0834. The van der Waals surface area contributed by atoms with Crippen LogP contribution in [0.3, 0.4) is 0 Å². The molecule has 5 heterocycles. The van der Waals surface area contributed by atoms with Gasteiger partial charge in [0, 0.05) is 38.8 Å². The first-order valence-corrected chi connectivity index (χ1v) is 9.94. The van der Waals surface area contributed by atoms with Crippen molar-refractivity contribution in [2.45, 2.75) is 18.0 Å². The van der Waals surface area contributed by atoms with Crippen molar-refractivity contribution in [3.05, 3.63) is 92.2 Å². The van der Waals surface area contributed by atoms with Crippen LogP contribution in [0.15, 0.2) is 42.5 Å². The van der Waals surface area contributed by atoms with Crippen LogP contribution in [0.5, 0.6) is 0 Å². The highest BCUT2D eigenvalue weighted by Gasteiger charge is 2.73. The molecular formula is C23H15F7N4. The van der Waals surface area contributed by atoms with Gasteiger partial charge in [-0.15, -0.1) is 0 Å². The molecular weight excluding hydrogens is 465 g/mol. The molecule has 0 saturated carbocycles. The molecule has 11 heteroatoms. The van der Waals surface area contributed by atoms with Crippen LogP contribution in [0.25, 0.3) is 24.3 Å². The average Bonchev–Trinajstić information content (AvgIpc) is 3.51. The lowest BCUT2D eigenvalue weighted by atomic mass is 10.0. The molecule has 1 aliphatic heterocycles. The number of rotatable bonds is 2. The molecule has 4 aromatic rings. The van der Waals surface area contributed by atoms with Crippen molar-refractivity contribution in [1.82, 2.24) is 19.9 Å². The monoisotopic (exact) mass is 480 g/mol. The highest BCUT2D eigenvalue weighted by molar-refractivity contribution is 5.56. The van der Waals surface area contributed by atoms with Crippen LogP contribution in [0.2, 0.25) is 0 Å². The van der Waals surface area contributed by atoms with Crippen molar-refractivity contribution in [2.24, 2.45) is 0 Å². The number of hydrogen-bond donors (Lipinski definition) is 4. The summed E-state index contributed by atoms with van der Waals surface area (Å²) in [4.78, 5) is 11.6. The smallest absolute Gasteiger partial charge is 0.355 e. The summed E-state index contributed by atoms with van der Waals surface area (Å²) < 4.78 is 95.5. The normalized spacial score (nSPS) is 14.1. The fraction of sp³-hybridized carbons (Fsp3) is 0.130. The van der Waals surface area contributed by atoms with Crippen LogP contribution in [0.1, 0.15) is 28.3 Å². The predicted octanol–water partition coefficient (Wildman–Crippen LogP) is 2.92. The first-order valence-electron chi connectivity index (χ1n) is 9.94. The molecule has 8 bridgehead atoms. The third-order valence-corrected chi connectivity index (χ3v) is 5.38. The van der Waals surface area contributed by atoms with Gasteiger partial charge in [-0.05, 0) is 66.8 Å². The Bertz CT molecular complexity index is 1610. The molecule has 176 valence electrons. The summed E-state index contributed by atoms with van der Waals surface area (Å²) in [7, 11) is 0. The van der Waals surface area contributed by atoms with E-state index in [0.717, 1.165) is 16.8 Å². The fourth-order valence-electron chi connectivity index (χ4n) is 3.74. The molecule has 0 atom stereocenters. The van der Waals surface area contributed by atoms with Gasteiger partial charge in [-0.2, -0.15) is 30.7 Å². The summed E-state index contributed by atoms with van der Waals surface area (Å²) in [6, 6.07) is 10.7. The average molecular weight is 480 g/mol. The van der Waals surface area contributed by atoms with E-state index in [9.17, 15) is 30.7 Å². The van der Waals surface area contributed by atoms with Crippen molar-refractivity contribution in [3.63, 3.8) is 0 Å². The zero-order valence-corrected chi connectivity index (χ0v) is 17.0. The molecule has 0 spiro atoms. The van der Waals surface area contributed by atoms with Crippen LogP contribution in [0.4, 0.5) is 30.7 Å². The number of fused-ring (bicyclic) bond motifs is 8. The first-order chi connectivity index (χ1) is 15.9. The van der Waals surface area contributed by atoms with Crippen LogP contribution in [-0.2, 0) is 5.92 Å². The maximum Gasteiger partial charge on any atom is 0.460 e. The van der Waals surface area contributed by atoms with Crippen LogP contribution >= 0.6 is 0 Å². The molecule has 0 amide bonds. The van der Waals surface area contributed by atoms with Gasteiger partial charge in [-0.1, -0.05) is 0 Å². The number of H-pyrrole nitrogens is 4. The Labute approximate surface area is 185 Å². The Morgan fingerprint density at radius 2 is 0.971 bits per heavy atom. The molecule has 34 heavy (non-hydrogen) atoms. The van der Waals surface area contributed by atoms with E-state index >= 15 is 0 Å². The number of aromatic nitrogens is 4. The Morgan fingerprint density at radius 3 is 1.47 bits per heavy atom. The number of halogens is 7. The minimum atomic E-state index is -6.45. The number of nitrogens with one attached hydrogen (secondary N) is 4. The minimum Gasteiger partial charge on any atom is -0.355 e. The van der Waals surface area contributed by atoms with Gasteiger partial charge in [0.05, 0.1) is 10.9 Å². The van der Waals surface area contributed by atoms with E-state index in [1.807, 2.05) is 12.1 Å². The summed E-state index contributed by atoms with van der Waals surface area (Å²) in [5.41, 5.74) is 0.378. The zero-order valence-electron chi connectivity index (χ0n) is 17.0. The molecule has 4 aromatic heterocycles. The summed E-state index contributed by atoms with van der Waals surface area (Å²) >= 11 is 0. The van der Waals surface area contributed by atoms with Gasteiger partial charge in [0.15, 0.2) is 0 Å². The van der Waals surface area contributed by atoms with Gasteiger partial charge in [0.1, 0.15) is 0 Å². The van der Waals surface area contributed by atoms with Crippen molar-refractivity contribution in [2.75, 3.05) is 0 Å². The lowest BCUT2D eigenvalue weighted by Gasteiger charge is -2.27. The highest BCUT2D eigenvalue weighted by Crippen LogP contribution is 2.50. The van der Waals surface area contributed by atoms with Crippen LogP contribution in [0, 0.1) is 0 Å². The fourth-order valence-corrected chi connectivity index (χ4v) is 3.74. The summed E-state index contributed by atoms with van der Waals surface area (Å²) in [6.07, 6.45) is -0.540. The number of hydrogen-bond acceptors (Lipinski definition) is 0. The van der Waals surface area contributed by atoms with Gasteiger partial charge >= 0.3 is 18.0 Å². The molecule has 5 rings (SSSR count). The first kappa shape index (κ1) is 21.9. The zero-order chi connectivity index (χ0) is 24.3. The number of alkyl halides is 7. The molecule has 4 N–H and O–H groups in total. The van der Waals surface area contributed by atoms with Crippen LogP contribution < -0.4 is 21.4 Å². The third-order valence-electron chi connectivity index (χ3n) is 5.38. The van der Waals surface area contributed by atoms with E-state index in [4.69, 9.17) is 0 Å². The summed E-state index contributed by atoms with van der Waals surface area (Å²) in [5.74, 6) is -11.8. The summed E-state index contributed by atoms with van der Waals surface area (Å²) in [5, 5.41) is 0.842. The van der Waals surface area contributed by atoms with E-state index in [2.05, 4.69) is 19.9 Å². The van der Waals surface area contributed by atoms with Gasteiger partial charge < -0.3 is 19.9 Å². The van der Waals surface area contributed by atoms with Gasteiger partial charge in [0.2, 0.25) is 0 Å². The van der Waals surface area contributed by atoms with E-state index in [-0.39, 0.29) is 11.0 Å². The van der Waals surface area contributed by atoms with Gasteiger partial charge in [-0.3, -0.25) is 0 Å². The molecule has 1 aliphatic rings. The molecule has 0 aromatic carbocycles. The van der Waals surface area contributed by atoms with Gasteiger partial charge in [-0.25, -0.2) is 0 Å². The lowest BCUT2D eigenvalue weighted by Crippen LogP contribution is -2.51. The van der Waals surface area contributed by atoms with E-state index in [1.54, 1.807) is 30.4 Å². The van der Waals surface area contributed by atoms with Crippen molar-refractivity contribution in [3.8, 4) is 0 Å². The highest BCUT2D eigenvalue weighted by atomic mass is 19.4. The maximum absolute atomic E-state index is 14.7. The molecule has 0 unspecified atom stereocenters. The summed E-state index contributed by atoms with van der Waals surface area (Å²) in [6.45, 7) is 0. The predicted molar refractivity (Wildman–Crippen MR) is 111 cm³/mol. The maximum atomic E-state index is 14.7. The van der Waals surface area contributed by atoms with Crippen molar-refractivity contribution >= 4 is 24.3 Å². The molecule has 4 nitrogen and oxygen atoms in total. The van der Waals surface area contributed by atoms with E-state index < -0.39 is 28.9 Å². The van der Waals surface area contributed by atoms with E-state index in [0.29, 0.717) is 23.1 Å². The second kappa shape index (κ2) is 7.31. The van der Waals surface area contributed by atoms with Gasteiger partial charge in [0.25, 0.3) is 0 Å². The second-order valence-corrected chi connectivity index (χ2v) is 7.88. The van der Waals surface area contributed by atoms with Crippen molar-refractivity contribution in [1.29, 1.82) is 0 Å². The topological polar surface area (TPSA) is 63.2 Å². The lowest BCUT2D eigenvalue weighted by molar-refractivity contribution is -0.359. The molecule has 0 fully saturated rings. The molecule has 0 radical (unpaired) electrons. The molecule has 0 saturated heterocycles. The number of aromatic amines is 4. The standard InChI is InChI=1S/C23H15F7N4/c24-21(25,22(26,27)23(28,29)30)19-10-18-9-16-4-3-14(32-16)7-12-1-2-13(31-12)8-15-5-6-17(33-15)11-20(19)34-18/h1-11,31-34H.